The molecule has 15 heteroatoms. The molecule has 12 nitrogen and oxygen atoms in total. The Bertz CT molecular complexity index is 2000. The third-order valence-electron chi connectivity index (χ3n) is 9.06. The smallest absolute Gasteiger partial charge is 0.748 e. The number of rotatable bonds is 15. The van der Waals surface area contributed by atoms with Gasteiger partial charge < -0.3 is 24.2 Å². The van der Waals surface area contributed by atoms with E-state index >= 15 is 0 Å². The molecule has 0 bridgehead atoms. The number of allylic oxidation sites excluding steroid dienone is 6. The van der Waals surface area contributed by atoms with Crippen molar-refractivity contribution in [3.63, 3.8) is 0 Å². The van der Waals surface area contributed by atoms with Crippen molar-refractivity contribution in [3.05, 3.63) is 94.7 Å². The van der Waals surface area contributed by atoms with Crippen LogP contribution in [0.2, 0.25) is 0 Å². The van der Waals surface area contributed by atoms with Gasteiger partial charge in [-0.3, -0.25) is 0 Å². The standard InChI is InChI=1S/C35H42N2O10S2.Na/c1-34(2)26-22-24(32(38)39)14-16-28(26)36(18-8-10-20-48(42,43)44)30(34)12-6-5-7-13-31-35(3,4)27-23-25(33(40)41)15-17-29(27)37(31)19-9-11-21-49(45,46)47;/h5-7,12-17,22-23H,8-11,18-21H2,1-4H3,(H3-,38,39,40,41,42,43,44,45,46,47);/q;+1/p-1. The predicted molar refractivity (Wildman–Crippen MR) is 184 cm³/mol. The van der Waals surface area contributed by atoms with Crippen LogP contribution >= 0.6 is 0 Å². The normalized spacial score (nSPS) is 17.4. The van der Waals surface area contributed by atoms with Crippen LogP contribution in [0.5, 0.6) is 0 Å². The summed E-state index contributed by atoms with van der Waals surface area (Å²) in [6.07, 6.45) is 10.6. The molecule has 0 fully saturated rings. The van der Waals surface area contributed by atoms with Crippen LogP contribution in [0.3, 0.4) is 0 Å². The maximum absolute atomic E-state index is 11.7. The number of anilines is 1. The first kappa shape index (κ1) is 41.3. The van der Waals surface area contributed by atoms with Gasteiger partial charge in [-0.25, -0.2) is 26.4 Å². The second-order valence-electron chi connectivity index (χ2n) is 13.2. The molecule has 0 aromatic heterocycles. The molecular formula is C35H41N2NaO10S2. The van der Waals surface area contributed by atoms with Crippen molar-refractivity contribution >= 4 is 49.3 Å². The Hall–Kier alpha value is -3.11. The minimum Gasteiger partial charge on any atom is -0.748 e. The average Bonchev–Trinajstić information content (AvgIpc) is 3.34. The molecule has 2 aliphatic rings. The van der Waals surface area contributed by atoms with Gasteiger partial charge in [0.25, 0.3) is 0 Å². The molecule has 2 N–H and O–H groups in total. The molecular weight excluding hydrogens is 696 g/mol. The van der Waals surface area contributed by atoms with Crippen LogP contribution in [0.15, 0.2) is 72.5 Å². The minimum atomic E-state index is -4.34. The third-order valence-corrected chi connectivity index (χ3v) is 10.6. The summed E-state index contributed by atoms with van der Waals surface area (Å²) in [7, 11) is -8.69. The van der Waals surface area contributed by atoms with Crippen molar-refractivity contribution < 1.29 is 79.9 Å². The van der Waals surface area contributed by atoms with Crippen LogP contribution in [0.4, 0.5) is 11.4 Å². The molecule has 0 atom stereocenters. The first-order chi connectivity index (χ1) is 22.7. The quantitative estimate of drug-likeness (QED) is 0.0892. The minimum absolute atomic E-state index is 0. The van der Waals surface area contributed by atoms with Crippen molar-refractivity contribution in [2.45, 2.75) is 64.2 Å². The van der Waals surface area contributed by atoms with E-state index in [4.69, 9.17) is 0 Å². The molecule has 0 saturated carbocycles. The van der Waals surface area contributed by atoms with Crippen molar-refractivity contribution in [1.29, 1.82) is 0 Å². The van der Waals surface area contributed by atoms with Gasteiger partial charge in [0.05, 0.1) is 36.8 Å². The van der Waals surface area contributed by atoms with Gasteiger partial charge in [-0.15, -0.1) is 0 Å². The summed E-state index contributed by atoms with van der Waals surface area (Å²) in [6.45, 7) is 8.74. The van der Waals surface area contributed by atoms with Gasteiger partial charge in [-0.1, -0.05) is 32.1 Å². The summed E-state index contributed by atoms with van der Waals surface area (Å²) in [5, 5.41) is 19.2. The number of unbranched alkanes of at least 4 members (excludes halogenated alkanes) is 2. The van der Waals surface area contributed by atoms with Crippen molar-refractivity contribution in [1.82, 2.24) is 0 Å². The first-order valence-electron chi connectivity index (χ1n) is 15.8. The number of carbonyl (C=O) groups is 2. The van der Waals surface area contributed by atoms with Gasteiger partial charge in [-0.2, -0.15) is 4.58 Å². The van der Waals surface area contributed by atoms with Crippen molar-refractivity contribution in [3.8, 4) is 0 Å². The zero-order valence-electron chi connectivity index (χ0n) is 28.9. The molecule has 0 spiro atoms. The molecule has 2 heterocycles. The van der Waals surface area contributed by atoms with Gasteiger partial charge in [0.15, 0.2) is 5.71 Å². The Morgan fingerprint density at radius 2 is 1.34 bits per heavy atom. The van der Waals surface area contributed by atoms with Crippen LogP contribution in [0.25, 0.3) is 0 Å². The topological polar surface area (TPSA) is 195 Å². The Morgan fingerprint density at radius 3 is 1.92 bits per heavy atom. The SMILES string of the molecule is CC1(C)C(/C=C/C=C/C=C2/N(CCCCS(=O)(=O)[O-])c3ccc(C(=O)O)cc3C2(C)C)=[N+](CCCCS(=O)(=O)[O-])c2ccc(C(=O)O)cc21.[Na+]. The average molecular weight is 737 g/mol. The number of aromatic carboxylic acids is 2. The van der Waals surface area contributed by atoms with E-state index in [1.807, 2.05) is 67.6 Å². The van der Waals surface area contributed by atoms with Crippen LogP contribution < -0.4 is 34.5 Å². The van der Waals surface area contributed by atoms with E-state index in [1.54, 1.807) is 24.3 Å². The van der Waals surface area contributed by atoms with Crippen LogP contribution in [0, 0.1) is 0 Å². The summed E-state index contributed by atoms with van der Waals surface area (Å²) < 4.78 is 68.9. The zero-order valence-corrected chi connectivity index (χ0v) is 32.5. The summed E-state index contributed by atoms with van der Waals surface area (Å²) >= 11 is 0. The van der Waals surface area contributed by atoms with E-state index in [2.05, 4.69) is 0 Å². The summed E-state index contributed by atoms with van der Waals surface area (Å²) in [5.41, 5.74) is 4.04. The van der Waals surface area contributed by atoms with E-state index in [1.165, 1.54) is 12.1 Å². The molecule has 264 valence electrons. The molecule has 2 aliphatic heterocycles. The summed E-state index contributed by atoms with van der Waals surface area (Å²) in [6, 6.07) is 9.81. The molecule has 0 radical (unpaired) electrons. The molecule has 2 aromatic carbocycles. The van der Waals surface area contributed by atoms with Gasteiger partial charge in [0.2, 0.25) is 5.69 Å². The Labute approximate surface area is 315 Å². The van der Waals surface area contributed by atoms with Crippen LogP contribution in [0.1, 0.15) is 85.2 Å². The fourth-order valence-corrected chi connectivity index (χ4v) is 7.67. The van der Waals surface area contributed by atoms with Crippen LogP contribution in [-0.4, -0.2) is 83.0 Å². The number of hydrogen-bond acceptors (Lipinski definition) is 9. The van der Waals surface area contributed by atoms with Crippen LogP contribution in [-0.2, 0) is 31.1 Å². The molecule has 50 heavy (non-hydrogen) atoms. The monoisotopic (exact) mass is 736 g/mol. The number of hydrogen-bond donors (Lipinski definition) is 2. The van der Waals surface area contributed by atoms with Gasteiger partial charge >= 0.3 is 41.5 Å². The van der Waals surface area contributed by atoms with E-state index in [0.29, 0.717) is 25.9 Å². The molecule has 0 unspecified atom stereocenters. The van der Waals surface area contributed by atoms with Gasteiger partial charge in [0.1, 0.15) is 6.54 Å². The number of benzene rings is 2. The Morgan fingerprint density at radius 1 is 0.780 bits per heavy atom. The second kappa shape index (κ2) is 16.1. The number of carboxylic acids is 2. The number of nitrogens with zero attached hydrogens (tertiary/aromatic N) is 2. The van der Waals surface area contributed by atoms with Crippen molar-refractivity contribution in [2.75, 3.05) is 29.5 Å². The number of carboxylic acid groups (broad SMARTS) is 2. The van der Waals surface area contributed by atoms with E-state index in [0.717, 1.165) is 33.9 Å². The third kappa shape index (κ3) is 9.60. The Kier molecular flexibility index (Phi) is 13.3. The maximum Gasteiger partial charge on any atom is 1.00 e. The van der Waals surface area contributed by atoms with E-state index in [-0.39, 0.29) is 53.5 Å². The number of fused-ring (bicyclic) bond motifs is 2. The molecule has 0 saturated heterocycles. The second-order valence-corrected chi connectivity index (χ2v) is 16.3. The van der Waals surface area contributed by atoms with Crippen molar-refractivity contribution in [2.24, 2.45) is 0 Å². The van der Waals surface area contributed by atoms with E-state index in [9.17, 15) is 45.7 Å². The van der Waals surface area contributed by atoms with Gasteiger partial charge in [0, 0.05) is 59.0 Å². The zero-order chi connectivity index (χ0) is 36.4. The fourth-order valence-electron chi connectivity index (χ4n) is 6.55. The summed E-state index contributed by atoms with van der Waals surface area (Å²) in [4.78, 5) is 25.5. The van der Waals surface area contributed by atoms with E-state index < -0.39 is 54.5 Å². The fraction of sp³-hybridized carbons (Fsp3) is 0.400. The first-order valence-corrected chi connectivity index (χ1v) is 19.0. The maximum atomic E-state index is 11.7. The molecule has 0 aliphatic carbocycles. The largest absolute Gasteiger partial charge is 1.00 e. The Balaban J connectivity index is 0.00000676. The molecule has 0 amide bonds. The molecule has 4 rings (SSSR count). The predicted octanol–water partition coefficient (Wildman–Crippen LogP) is 1.91. The summed E-state index contributed by atoms with van der Waals surface area (Å²) in [5.74, 6) is -3.04. The van der Waals surface area contributed by atoms with Gasteiger partial charge in [-0.05, 0) is 75.1 Å². The molecule has 2 aromatic rings.